The molecule has 0 aromatic carbocycles. The van der Waals surface area contributed by atoms with Crippen molar-refractivity contribution in [2.24, 2.45) is 0 Å². The van der Waals surface area contributed by atoms with Crippen LogP contribution in [0.4, 0.5) is 4.79 Å². The molecule has 0 aliphatic carbocycles. The molecular weight excluding hydrogens is 160 g/mol. The molecule has 0 aromatic heterocycles. The van der Waals surface area contributed by atoms with Gasteiger partial charge in [0.2, 0.25) is 0 Å². The summed E-state index contributed by atoms with van der Waals surface area (Å²) in [6, 6.07) is 0.106. The van der Waals surface area contributed by atoms with Gasteiger partial charge in [-0.1, -0.05) is 0 Å². The molecule has 0 rings (SSSR count). The molecule has 72 valence electrons. The van der Waals surface area contributed by atoms with Crippen molar-refractivity contribution in [2.75, 3.05) is 35.2 Å². The van der Waals surface area contributed by atoms with E-state index < -0.39 is 6.47 Å². The number of quaternary nitrogens is 1. The molecule has 0 spiro atoms. The number of carboxylic acid groups (broad SMARTS) is 1. The summed E-state index contributed by atoms with van der Waals surface area (Å²) in [5, 5.41) is 8.25. The third kappa shape index (κ3) is 7.01. The maximum Gasteiger partial charge on any atom is 0.418 e. The van der Waals surface area contributed by atoms with E-state index in [0.717, 1.165) is 0 Å². The molecule has 0 aromatic rings. The SMILES string of the molecule is CN(C)C(=O)[N+](C)(C)C.O=C[O-]. The molecule has 0 saturated carbocycles. The van der Waals surface area contributed by atoms with E-state index in [4.69, 9.17) is 9.90 Å². The molecule has 2 amide bonds. The highest BCUT2D eigenvalue weighted by Crippen LogP contribution is 1.95. The Balaban J connectivity index is 0. The number of carbonyl (C=O) groups excluding carboxylic acids is 2. The second-order valence-electron chi connectivity index (χ2n) is 3.29. The average Bonchev–Trinajstić information content (AvgIpc) is 1.85. The van der Waals surface area contributed by atoms with Crippen LogP contribution in [-0.2, 0) is 4.79 Å². The van der Waals surface area contributed by atoms with Gasteiger partial charge in [0.15, 0.2) is 0 Å². The Labute approximate surface area is 72.8 Å². The van der Waals surface area contributed by atoms with E-state index in [0.29, 0.717) is 4.48 Å². The van der Waals surface area contributed by atoms with Gasteiger partial charge in [-0.05, 0) is 0 Å². The van der Waals surface area contributed by atoms with Crippen molar-refractivity contribution < 1.29 is 19.2 Å². The number of amides is 2. The standard InChI is InChI=1S/C6H15N2O.CH2O2/c1-7(2)6(9)8(3,4)5;2-1-3/h1-5H3;1H,(H,2,3)/q+1;/p-1. The lowest BCUT2D eigenvalue weighted by Crippen LogP contribution is -2.47. The minimum Gasteiger partial charge on any atom is -0.554 e. The summed E-state index contributed by atoms with van der Waals surface area (Å²) >= 11 is 0. The highest BCUT2D eigenvalue weighted by molar-refractivity contribution is 5.65. The molecule has 0 bridgehead atoms. The molecule has 12 heavy (non-hydrogen) atoms. The van der Waals surface area contributed by atoms with Gasteiger partial charge in [-0.25, -0.2) is 9.28 Å². The first kappa shape index (κ1) is 13.5. The summed E-state index contributed by atoms with van der Waals surface area (Å²) in [4.78, 5) is 20.9. The molecular formula is C7H16N2O3. The molecule has 0 saturated heterocycles. The van der Waals surface area contributed by atoms with Crippen LogP contribution in [0.2, 0.25) is 0 Å². The maximum atomic E-state index is 11.1. The number of hydrogen-bond acceptors (Lipinski definition) is 3. The smallest absolute Gasteiger partial charge is 0.418 e. The van der Waals surface area contributed by atoms with Crippen LogP contribution in [0.3, 0.4) is 0 Å². The second kappa shape index (κ2) is 5.54. The zero-order valence-corrected chi connectivity index (χ0v) is 8.20. The lowest BCUT2D eigenvalue weighted by molar-refractivity contribution is -0.790. The van der Waals surface area contributed by atoms with E-state index in [-0.39, 0.29) is 6.03 Å². The van der Waals surface area contributed by atoms with Crippen molar-refractivity contribution in [1.29, 1.82) is 0 Å². The summed E-state index contributed by atoms with van der Waals surface area (Å²) in [6.45, 7) is -0.500. The van der Waals surface area contributed by atoms with Crippen LogP contribution in [0, 0.1) is 0 Å². The quantitative estimate of drug-likeness (QED) is 0.342. The van der Waals surface area contributed by atoms with Gasteiger partial charge in [-0.15, -0.1) is 0 Å². The largest absolute Gasteiger partial charge is 0.554 e. The van der Waals surface area contributed by atoms with E-state index in [1.54, 1.807) is 19.0 Å². The Kier molecular flexibility index (Phi) is 6.22. The third-order valence-corrected chi connectivity index (χ3v) is 0.956. The van der Waals surface area contributed by atoms with Gasteiger partial charge >= 0.3 is 6.03 Å². The average molecular weight is 176 g/mol. The van der Waals surface area contributed by atoms with Gasteiger partial charge in [0.25, 0.3) is 0 Å². The van der Waals surface area contributed by atoms with Gasteiger partial charge < -0.3 is 9.90 Å². The van der Waals surface area contributed by atoms with Crippen molar-refractivity contribution in [2.45, 2.75) is 0 Å². The Morgan fingerprint density at radius 2 is 1.58 bits per heavy atom. The van der Waals surface area contributed by atoms with E-state index in [1.807, 2.05) is 21.1 Å². The predicted molar refractivity (Wildman–Crippen MR) is 43.2 cm³/mol. The number of hydrogen-bond donors (Lipinski definition) is 0. The van der Waals surface area contributed by atoms with Crippen LogP contribution in [0.15, 0.2) is 0 Å². The first-order valence-corrected chi connectivity index (χ1v) is 3.36. The molecule has 0 radical (unpaired) electrons. The minimum absolute atomic E-state index is 0.106. The Morgan fingerprint density at radius 1 is 1.33 bits per heavy atom. The monoisotopic (exact) mass is 176 g/mol. The highest BCUT2D eigenvalue weighted by Gasteiger charge is 2.21. The zero-order valence-electron chi connectivity index (χ0n) is 8.20. The summed E-state index contributed by atoms with van der Waals surface area (Å²) in [5.41, 5.74) is 0. The van der Waals surface area contributed by atoms with Gasteiger partial charge in [-0.3, -0.25) is 4.90 Å². The van der Waals surface area contributed by atoms with Crippen molar-refractivity contribution in [3.05, 3.63) is 0 Å². The number of nitrogens with zero attached hydrogens (tertiary/aromatic N) is 2. The van der Waals surface area contributed by atoms with Crippen LogP contribution >= 0.6 is 0 Å². The van der Waals surface area contributed by atoms with E-state index in [2.05, 4.69) is 0 Å². The van der Waals surface area contributed by atoms with Crippen LogP contribution in [-0.4, -0.2) is 57.1 Å². The second-order valence-corrected chi connectivity index (χ2v) is 3.29. The maximum absolute atomic E-state index is 11.1. The molecule has 5 heteroatoms. The fraction of sp³-hybridized carbons (Fsp3) is 0.714. The molecule has 0 fully saturated rings. The van der Waals surface area contributed by atoms with E-state index >= 15 is 0 Å². The lowest BCUT2D eigenvalue weighted by atomic mass is 10.6. The van der Waals surface area contributed by atoms with Crippen molar-refractivity contribution >= 4 is 12.5 Å². The van der Waals surface area contributed by atoms with Crippen LogP contribution < -0.4 is 5.11 Å². The lowest BCUT2D eigenvalue weighted by Gasteiger charge is -2.23. The van der Waals surface area contributed by atoms with Crippen LogP contribution in [0.25, 0.3) is 0 Å². The topological polar surface area (TPSA) is 60.4 Å². The van der Waals surface area contributed by atoms with Gasteiger partial charge in [-0.2, -0.15) is 0 Å². The minimum atomic E-state index is -0.500. The van der Waals surface area contributed by atoms with Crippen LogP contribution in [0.5, 0.6) is 0 Å². The van der Waals surface area contributed by atoms with Gasteiger partial charge in [0.05, 0.1) is 21.1 Å². The van der Waals surface area contributed by atoms with Crippen LogP contribution in [0.1, 0.15) is 0 Å². The molecule has 0 N–H and O–H groups in total. The number of urea groups is 1. The molecule has 0 aliphatic rings. The fourth-order valence-electron chi connectivity index (χ4n) is 0.600. The van der Waals surface area contributed by atoms with Gasteiger partial charge in [0.1, 0.15) is 0 Å². The highest BCUT2D eigenvalue weighted by atomic mass is 16.3. The number of carbonyl (C=O) groups is 2. The van der Waals surface area contributed by atoms with Crippen molar-refractivity contribution in [3.8, 4) is 0 Å². The van der Waals surface area contributed by atoms with Gasteiger partial charge in [0, 0.05) is 20.6 Å². The Hall–Kier alpha value is -1.10. The van der Waals surface area contributed by atoms with E-state index in [1.165, 1.54) is 0 Å². The molecule has 0 atom stereocenters. The first-order chi connectivity index (χ1) is 5.27. The molecule has 0 aliphatic heterocycles. The third-order valence-electron chi connectivity index (χ3n) is 0.956. The Bertz CT molecular complexity index is 149. The summed E-state index contributed by atoms with van der Waals surface area (Å²) < 4.78 is 0.354. The van der Waals surface area contributed by atoms with E-state index in [9.17, 15) is 4.79 Å². The fourth-order valence-corrected chi connectivity index (χ4v) is 0.600. The van der Waals surface area contributed by atoms with Crippen molar-refractivity contribution in [3.63, 3.8) is 0 Å². The first-order valence-electron chi connectivity index (χ1n) is 3.36. The normalized spacial score (nSPS) is 9.42. The Morgan fingerprint density at radius 3 is 1.58 bits per heavy atom. The van der Waals surface area contributed by atoms with Crippen molar-refractivity contribution in [1.82, 2.24) is 4.90 Å². The zero-order chi connectivity index (χ0) is 10.4. The summed E-state index contributed by atoms with van der Waals surface area (Å²) in [6.07, 6.45) is 0. The molecule has 5 nitrogen and oxygen atoms in total. The molecule has 0 unspecified atom stereocenters. The predicted octanol–water partition coefficient (Wildman–Crippen LogP) is -1.26. The number of rotatable bonds is 0. The summed E-state index contributed by atoms with van der Waals surface area (Å²) in [7, 11) is 9.06. The molecule has 0 heterocycles. The summed E-state index contributed by atoms with van der Waals surface area (Å²) in [5.74, 6) is 0.